The first kappa shape index (κ1) is 18.3. The molecule has 0 unspecified atom stereocenters. The van der Waals surface area contributed by atoms with Crippen molar-refractivity contribution in [1.82, 2.24) is 0 Å². The van der Waals surface area contributed by atoms with Crippen molar-refractivity contribution < 1.29 is 14.3 Å². The van der Waals surface area contributed by atoms with Crippen molar-refractivity contribution in [2.24, 2.45) is 0 Å². The van der Waals surface area contributed by atoms with Crippen LogP contribution in [0, 0.1) is 3.57 Å². The van der Waals surface area contributed by atoms with E-state index in [1.165, 1.54) is 29.3 Å². The number of benzene rings is 2. The van der Waals surface area contributed by atoms with Gasteiger partial charge in [-0.25, -0.2) is 0 Å². The Morgan fingerprint density at radius 3 is 2.76 bits per heavy atom. The Balaban J connectivity index is 1.42. The summed E-state index contributed by atoms with van der Waals surface area (Å²) < 4.78 is 5.99. The van der Waals surface area contributed by atoms with E-state index in [9.17, 15) is 9.59 Å². The van der Waals surface area contributed by atoms with Gasteiger partial charge in [0.15, 0.2) is 6.61 Å². The zero-order valence-electron chi connectivity index (χ0n) is 13.6. The zero-order valence-corrected chi connectivity index (χ0v) is 16.6. The van der Waals surface area contributed by atoms with Crippen molar-refractivity contribution in [2.45, 2.75) is 24.2 Å². The number of carbonyl (C=O) groups excluding carboxylic acids is 2. The van der Waals surface area contributed by atoms with Crippen molar-refractivity contribution in [2.75, 3.05) is 17.7 Å². The highest BCUT2D eigenvalue weighted by atomic mass is 127. The number of amides is 1. The highest BCUT2D eigenvalue weighted by Crippen LogP contribution is 2.27. The SMILES string of the molecule is O=C(COC(=O)CSc1ccc2c(c1)CCC2)Nc1ccccc1I. The molecule has 130 valence electrons. The molecule has 2 aromatic rings. The summed E-state index contributed by atoms with van der Waals surface area (Å²) in [4.78, 5) is 24.8. The molecule has 1 aliphatic carbocycles. The number of fused-ring (bicyclic) bond motifs is 1. The van der Waals surface area contributed by atoms with Crippen molar-refractivity contribution >= 4 is 51.9 Å². The topological polar surface area (TPSA) is 55.4 Å². The Kier molecular flexibility index (Phi) is 6.36. The molecular weight excluding hydrogens is 449 g/mol. The summed E-state index contributed by atoms with van der Waals surface area (Å²) in [5.74, 6) is -0.516. The van der Waals surface area contributed by atoms with Crippen molar-refractivity contribution in [3.63, 3.8) is 0 Å². The van der Waals surface area contributed by atoms with E-state index in [4.69, 9.17) is 4.74 Å². The van der Waals surface area contributed by atoms with Crippen LogP contribution in [0.3, 0.4) is 0 Å². The number of rotatable bonds is 6. The highest BCUT2D eigenvalue weighted by molar-refractivity contribution is 14.1. The highest BCUT2D eigenvalue weighted by Gasteiger charge is 2.13. The molecule has 0 atom stereocenters. The Morgan fingerprint density at radius 2 is 1.92 bits per heavy atom. The van der Waals surface area contributed by atoms with Gasteiger partial charge in [0.2, 0.25) is 0 Å². The lowest BCUT2D eigenvalue weighted by Crippen LogP contribution is -2.22. The van der Waals surface area contributed by atoms with E-state index in [1.54, 1.807) is 0 Å². The van der Waals surface area contributed by atoms with Crippen LogP contribution in [0.2, 0.25) is 0 Å². The van der Waals surface area contributed by atoms with Gasteiger partial charge in [-0.2, -0.15) is 0 Å². The van der Waals surface area contributed by atoms with Gasteiger partial charge in [-0.3, -0.25) is 9.59 Å². The number of thioether (sulfide) groups is 1. The lowest BCUT2D eigenvalue weighted by molar-refractivity contribution is -0.144. The molecule has 1 aliphatic rings. The average molecular weight is 467 g/mol. The van der Waals surface area contributed by atoms with Crippen LogP contribution in [0.15, 0.2) is 47.4 Å². The summed E-state index contributed by atoms with van der Waals surface area (Å²) in [6, 6.07) is 13.8. The summed E-state index contributed by atoms with van der Waals surface area (Å²) in [5.41, 5.74) is 3.52. The molecule has 4 nitrogen and oxygen atoms in total. The predicted molar refractivity (Wildman–Crippen MR) is 108 cm³/mol. The molecule has 2 aromatic carbocycles. The van der Waals surface area contributed by atoms with E-state index >= 15 is 0 Å². The van der Waals surface area contributed by atoms with Crippen LogP contribution in [-0.2, 0) is 27.2 Å². The van der Waals surface area contributed by atoms with E-state index in [1.807, 2.05) is 30.3 Å². The van der Waals surface area contributed by atoms with Gasteiger partial charge in [0, 0.05) is 8.47 Å². The number of carbonyl (C=O) groups is 2. The number of aryl methyl sites for hydroxylation is 2. The van der Waals surface area contributed by atoms with E-state index < -0.39 is 0 Å². The number of anilines is 1. The lowest BCUT2D eigenvalue weighted by atomic mass is 10.1. The van der Waals surface area contributed by atoms with Crippen LogP contribution >= 0.6 is 34.4 Å². The maximum Gasteiger partial charge on any atom is 0.316 e. The van der Waals surface area contributed by atoms with Gasteiger partial charge in [0.25, 0.3) is 5.91 Å². The Morgan fingerprint density at radius 1 is 1.12 bits per heavy atom. The third kappa shape index (κ3) is 5.22. The Hall–Kier alpha value is -1.54. The molecule has 0 aliphatic heterocycles. The van der Waals surface area contributed by atoms with Crippen molar-refractivity contribution in [1.29, 1.82) is 0 Å². The fraction of sp³-hybridized carbons (Fsp3) is 0.263. The molecule has 0 spiro atoms. The fourth-order valence-corrected chi connectivity index (χ4v) is 4.00. The second kappa shape index (κ2) is 8.71. The second-order valence-corrected chi connectivity index (χ2v) is 7.97. The summed E-state index contributed by atoms with van der Waals surface area (Å²) in [6.45, 7) is -0.269. The zero-order chi connectivity index (χ0) is 17.6. The summed E-state index contributed by atoms with van der Waals surface area (Å²) in [6.07, 6.45) is 3.48. The lowest BCUT2D eigenvalue weighted by Gasteiger charge is -2.08. The van der Waals surface area contributed by atoms with Crippen molar-refractivity contribution in [3.8, 4) is 0 Å². The number of esters is 1. The summed E-state index contributed by atoms with van der Waals surface area (Å²) in [5, 5.41) is 2.74. The van der Waals surface area contributed by atoms with Gasteiger partial charge in [-0.15, -0.1) is 11.8 Å². The van der Waals surface area contributed by atoms with Gasteiger partial charge in [0.1, 0.15) is 0 Å². The molecule has 0 aromatic heterocycles. The molecular formula is C19H18INO3S. The molecule has 0 heterocycles. The maximum atomic E-state index is 11.9. The van der Waals surface area contributed by atoms with Crippen molar-refractivity contribution in [3.05, 3.63) is 57.2 Å². The maximum absolute atomic E-state index is 11.9. The van der Waals surface area contributed by atoms with E-state index in [-0.39, 0.29) is 24.2 Å². The van der Waals surface area contributed by atoms with E-state index in [2.05, 4.69) is 40.0 Å². The Bertz CT molecular complexity index is 794. The molecule has 3 rings (SSSR count). The first-order valence-corrected chi connectivity index (χ1v) is 10.1. The molecule has 0 bridgehead atoms. The van der Waals surface area contributed by atoms with Gasteiger partial charge in [-0.1, -0.05) is 18.2 Å². The normalized spacial score (nSPS) is 12.5. The molecule has 6 heteroatoms. The van der Waals surface area contributed by atoms with Gasteiger partial charge in [-0.05, 0) is 77.2 Å². The van der Waals surface area contributed by atoms with Crippen LogP contribution in [0.4, 0.5) is 5.69 Å². The number of para-hydroxylation sites is 1. The second-order valence-electron chi connectivity index (χ2n) is 5.76. The monoisotopic (exact) mass is 467 g/mol. The third-order valence-corrected chi connectivity index (χ3v) is 5.85. The quantitative estimate of drug-likeness (QED) is 0.396. The molecule has 0 radical (unpaired) electrons. The first-order chi connectivity index (χ1) is 12.1. The molecule has 0 fully saturated rings. The van der Waals surface area contributed by atoms with Gasteiger partial charge < -0.3 is 10.1 Å². The predicted octanol–water partition coefficient (Wildman–Crippen LogP) is 4.05. The number of nitrogens with one attached hydrogen (secondary N) is 1. The molecule has 1 amide bonds. The van der Waals surface area contributed by atoms with Gasteiger partial charge in [0.05, 0.1) is 11.4 Å². The van der Waals surface area contributed by atoms with Crippen LogP contribution in [-0.4, -0.2) is 24.2 Å². The minimum atomic E-state index is -0.386. The molecule has 0 saturated heterocycles. The van der Waals surface area contributed by atoms with Crippen LogP contribution < -0.4 is 5.32 Å². The number of halogens is 1. The molecule has 25 heavy (non-hydrogen) atoms. The molecule has 1 N–H and O–H groups in total. The number of hydrogen-bond acceptors (Lipinski definition) is 4. The smallest absolute Gasteiger partial charge is 0.316 e. The molecule has 0 saturated carbocycles. The summed E-state index contributed by atoms with van der Waals surface area (Å²) in [7, 11) is 0. The largest absolute Gasteiger partial charge is 0.455 e. The number of ether oxygens (including phenoxy) is 1. The van der Waals surface area contributed by atoms with E-state index in [0.29, 0.717) is 0 Å². The van der Waals surface area contributed by atoms with Crippen LogP contribution in [0.5, 0.6) is 0 Å². The fourth-order valence-electron chi connectivity index (χ4n) is 2.72. The number of hydrogen-bond donors (Lipinski definition) is 1. The van der Waals surface area contributed by atoms with Crippen LogP contribution in [0.25, 0.3) is 0 Å². The van der Waals surface area contributed by atoms with E-state index in [0.717, 1.165) is 27.0 Å². The minimum absolute atomic E-state index is 0.203. The minimum Gasteiger partial charge on any atom is -0.455 e. The third-order valence-electron chi connectivity index (χ3n) is 3.94. The van der Waals surface area contributed by atoms with Gasteiger partial charge >= 0.3 is 5.97 Å². The standard InChI is InChI=1S/C19H18INO3S/c20-16-6-1-2-7-17(16)21-18(22)11-24-19(23)12-25-15-9-8-13-4-3-5-14(13)10-15/h1-2,6-10H,3-5,11-12H2,(H,21,22). The first-order valence-electron chi connectivity index (χ1n) is 8.06. The summed E-state index contributed by atoms with van der Waals surface area (Å²) >= 11 is 3.59. The Labute approximate surface area is 164 Å². The van der Waals surface area contributed by atoms with Crippen LogP contribution in [0.1, 0.15) is 17.5 Å². The average Bonchev–Trinajstić information content (AvgIpc) is 3.08.